The number of thiophene rings is 1. The topological polar surface area (TPSA) is 101 Å². The minimum Gasteiger partial charge on any atom is -0.494 e. The van der Waals surface area contributed by atoms with Gasteiger partial charge in [-0.2, -0.15) is 0 Å². The number of carbonyl (C=O) groups excluding carboxylic acids is 1. The van der Waals surface area contributed by atoms with Crippen LogP contribution in [-0.4, -0.2) is 65.8 Å². The minimum atomic E-state index is -0.757. The van der Waals surface area contributed by atoms with E-state index in [0.29, 0.717) is 37.1 Å². The number of esters is 1. The molecule has 0 unspecified atom stereocenters. The Morgan fingerprint density at radius 1 is 0.826 bits per heavy atom. The van der Waals surface area contributed by atoms with Crippen LogP contribution >= 0.6 is 11.3 Å². The van der Waals surface area contributed by atoms with E-state index in [-0.39, 0.29) is 24.7 Å². The third-order valence-electron chi connectivity index (χ3n) is 8.66. The monoisotopic (exact) mass is 647 g/mol. The lowest BCUT2D eigenvalue weighted by molar-refractivity contribution is -0.147. The van der Waals surface area contributed by atoms with Crippen molar-refractivity contribution >= 4 is 50.0 Å². The van der Waals surface area contributed by atoms with Crippen molar-refractivity contribution in [2.24, 2.45) is 0 Å². The molecule has 4 aromatic rings. The molecule has 1 saturated heterocycles. The number of anilines is 1. The Labute approximate surface area is 274 Å². The average Bonchev–Trinajstić information content (AvgIpc) is 3.55. The molecule has 0 saturated carbocycles. The Morgan fingerprint density at radius 2 is 1.59 bits per heavy atom. The molecule has 246 valence electrons. The van der Waals surface area contributed by atoms with Gasteiger partial charge in [-0.3, -0.25) is 23.9 Å². The van der Waals surface area contributed by atoms with E-state index in [9.17, 15) is 14.4 Å². The average molecular weight is 648 g/mol. The fourth-order valence-corrected chi connectivity index (χ4v) is 6.85. The van der Waals surface area contributed by atoms with Gasteiger partial charge in [0.25, 0.3) is 5.56 Å². The molecule has 1 aliphatic heterocycles. The maximum atomic E-state index is 12.7. The number of hydrogen-bond acceptors (Lipinski definition) is 8. The first-order chi connectivity index (χ1) is 22.5. The van der Waals surface area contributed by atoms with Crippen LogP contribution in [0.2, 0.25) is 0 Å². The van der Waals surface area contributed by atoms with Gasteiger partial charge in [0, 0.05) is 66.9 Å². The van der Waals surface area contributed by atoms with Crippen LogP contribution in [0.1, 0.15) is 64.2 Å². The molecule has 46 heavy (non-hydrogen) atoms. The molecule has 2 aromatic carbocycles. The summed E-state index contributed by atoms with van der Waals surface area (Å²) < 4.78 is 14.3. The molecule has 0 spiro atoms. The van der Waals surface area contributed by atoms with Crippen molar-refractivity contribution in [3.8, 4) is 5.75 Å². The molecule has 0 atom stereocenters. The molecular formula is C36H45N3O6S. The zero-order chi connectivity index (χ0) is 32.1. The molecule has 5 rings (SSSR count). The Bertz CT molecular complexity index is 1640. The van der Waals surface area contributed by atoms with Crippen LogP contribution in [0.15, 0.2) is 64.8 Å². The quantitative estimate of drug-likeness (QED) is 0.0919. The summed E-state index contributed by atoms with van der Waals surface area (Å²) in [6.07, 6.45) is 7.60. The van der Waals surface area contributed by atoms with Crippen LogP contribution in [0, 0.1) is 0 Å². The summed E-state index contributed by atoms with van der Waals surface area (Å²) in [5.74, 6) is -0.395. The second kappa shape index (κ2) is 17.1. The first-order valence-corrected chi connectivity index (χ1v) is 17.4. The predicted molar refractivity (Wildman–Crippen MR) is 184 cm³/mol. The summed E-state index contributed by atoms with van der Waals surface area (Å²) in [7, 11) is 0. The zero-order valence-electron chi connectivity index (χ0n) is 26.5. The van der Waals surface area contributed by atoms with Crippen molar-refractivity contribution in [1.82, 2.24) is 9.47 Å². The maximum Gasteiger partial charge on any atom is 0.307 e. The molecular weight excluding hydrogens is 602 g/mol. The normalized spacial score (nSPS) is 13.8. The van der Waals surface area contributed by atoms with Gasteiger partial charge in [0.2, 0.25) is 0 Å². The number of carboxylic acids is 1. The van der Waals surface area contributed by atoms with E-state index in [1.807, 2.05) is 18.2 Å². The van der Waals surface area contributed by atoms with Crippen molar-refractivity contribution in [1.29, 1.82) is 0 Å². The van der Waals surface area contributed by atoms with Crippen LogP contribution in [0.5, 0.6) is 5.75 Å². The number of hydrogen-bond donors (Lipinski definition) is 1. The largest absolute Gasteiger partial charge is 0.494 e. The third-order valence-corrected chi connectivity index (χ3v) is 9.55. The lowest BCUT2D eigenvalue weighted by Crippen LogP contribution is -2.46. The molecule has 1 N–H and O–H groups in total. The molecule has 1 aliphatic rings. The lowest BCUT2D eigenvalue weighted by Gasteiger charge is -2.36. The smallest absolute Gasteiger partial charge is 0.307 e. The Morgan fingerprint density at radius 3 is 2.39 bits per heavy atom. The molecule has 2 aromatic heterocycles. The number of rotatable bonds is 18. The van der Waals surface area contributed by atoms with Gasteiger partial charge in [0.15, 0.2) is 6.73 Å². The van der Waals surface area contributed by atoms with Crippen molar-refractivity contribution in [3.63, 3.8) is 0 Å². The molecule has 1 fully saturated rings. The first-order valence-electron chi connectivity index (χ1n) is 16.6. The van der Waals surface area contributed by atoms with Gasteiger partial charge < -0.3 is 19.5 Å². The van der Waals surface area contributed by atoms with Crippen LogP contribution in [0.25, 0.3) is 21.0 Å². The molecule has 0 amide bonds. The number of ether oxygens (including phenoxy) is 2. The van der Waals surface area contributed by atoms with E-state index in [4.69, 9.17) is 14.6 Å². The molecule has 9 nitrogen and oxygen atoms in total. The van der Waals surface area contributed by atoms with Gasteiger partial charge in [0.1, 0.15) is 5.75 Å². The van der Waals surface area contributed by atoms with Gasteiger partial charge in [-0.05, 0) is 79.4 Å². The number of carbonyl (C=O) groups is 2. The van der Waals surface area contributed by atoms with Crippen LogP contribution in [0.4, 0.5) is 5.69 Å². The summed E-state index contributed by atoms with van der Waals surface area (Å²) in [6.45, 7) is 5.71. The maximum absolute atomic E-state index is 12.7. The number of benzene rings is 2. The van der Waals surface area contributed by atoms with E-state index in [1.165, 1.54) is 26.4 Å². The molecule has 0 aliphatic carbocycles. The second-order valence-corrected chi connectivity index (χ2v) is 12.9. The summed E-state index contributed by atoms with van der Waals surface area (Å²) in [5, 5.41) is 13.1. The summed E-state index contributed by atoms with van der Waals surface area (Å²) in [6, 6.07) is 17.8. The highest BCUT2D eigenvalue weighted by Crippen LogP contribution is 2.31. The van der Waals surface area contributed by atoms with Crippen molar-refractivity contribution in [3.05, 3.63) is 70.3 Å². The van der Waals surface area contributed by atoms with Crippen LogP contribution in [0.3, 0.4) is 0 Å². The second-order valence-electron chi connectivity index (χ2n) is 12.0. The standard InChI is InChI=1S/C36H45N3O6S/c40-34-17-15-28-14-16-29(26-32(28)39(34)27-45-36(43)13-6-4-2-1-3-5-12-35(41)42)44-24-8-7-19-37-20-22-38(23-21-37)31-10-9-11-33-30(31)18-25-46-33/h9-11,14-18,25-26H,1-8,12-13,19-24,27H2,(H,41,42). The fraction of sp³-hybridized carbons (Fsp3) is 0.472. The number of piperazine rings is 1. The highest BCUT2D eigenvalue weighted by atomic mass is 32.1. The van der Waals surface area contributed by atoms with Gasteiger partial charge in [-0.25, -0.2) is 0 Å². The number of unbranched alkanes of at least 4 members (excludes halogenated alkanes) is 6. The summed E-state index contributed by atoms with van der Waals surface area (Å²) >= 11 is 1.80. The number of carboxylic acid groups (broad SMARTS) is 1. The first kappa shape index (κ1) is 33.5. The van der Waals surface area contributed by atoms with Crippen molar-refractivity contribution < 1.29 is 24.2 Å². The predicted octanol–water partition coefficient (Wildman–Crippen LogP) is 6.90. The summed E-state index contributed by atoms with van der Waals surface area (Å²) in [4.78, 5) is 40.6. The van der Waals surface area contributed by atoms with Crippen LogP contribution in [-0.2, 0) is 21.1 Å². The van der Waals surface area contributed by atoms with Gasteiger partial charge in [0.05, 0.1) is 12.1 Å². The lowest BCUT2D eigenvalue weighted by atomic mass is 10.1. The Kier molecular flexibility index (Phi) is 12.5. The third kappa shape index (κ3) is 9.56. The van der Waals surface area contributed by atoms with Gasteiger partial charge >= 0.3 is 11.9 Å². The van der Waals surface area contributed by atoms with Crippen molar-refractivity contribution in [2.75, 3.05) is 44.2 Å². The van der Waals surface area contributed by atoms with Crippen molar-refractivity contribution in [2.45, 2.75) is 70.9 Å². The molecule has 0 bridgehead atoms. The zero-order valence-corrected chi connectivity index (χ0v) is 27.3. The van der Waals surface area contributed by atoms with E-state index in [2.05, 4.69) is 39.4 Å². The van der Waals surface area contributed by atoms with Gasteiger partial charge in [-0.1, -0.05) is 31.7 Å². The fourth-order valence-electron chi connectivity index (χ4n) is 6.05. The Balaban J connectivity index is 1.01. The number of aliphatic carboxylic acids is 1. The number of fused-ring (bicyclic) bond motifs is 2. The van der Waals surface area contributed by atoms with E-state index in [1.54, 1.807) is 17.4 Å². The van der Waals surface area contributed by atoms with E-state index in [0.717, 1.165) is 76.6 Å². The highest BCUT2D eigenvalue weighted by molar-refractivity contribution is 7.17. The molecule has 3 heterocycles. The Hall–Kier alpha value is -3.89. The molecule has 10 heteroatoms. The number of pyridine rings is 1. The van der Waals surface area contributed by atoms with E-state index < -0.39 is 5.97 Å². The summed E-state index contributed by atoms with van der Waals surface area (Å²) in [5.41, 5.74) is 1.79. The highest BCUT2D eigenvalue weighted by Gasteiger charge is 2.18. The number of aromatic nitrogens is 1. The van der Waals surface area contributed by atoms with E-state index >= 15 is 0 Å². The minimum absolute atomic E-state index is 0.136. The number of nitrogens with zero attached hydrogens (tertiary/aromatic N) is 3. The molecule has 0 radical (unpaired) electrons. The van der Waals surface area contributed by atoms with Crippen LogP contribution < -0.4 is 15.2 Å². The van der Waals surface area contributed by atoms with Gasteiger partial charge in [-0.15, -0.1) is 11.3 Å². The SMILES string of the molecule is O=C(O)CCCCCCCCC(=O)OCn1c(=O)ccc2ccc(OCCCCN3CCN(c4cccc5sccc45)CC3)cc21.